The van der Waals surface area contributed by atoms with Crippen molar-refractivity contribution in [2.24, 2.45) is 17.8 Å². The SMILES string of the molecule is CC1C(=O)Nc2ccc(S(=O)(=O)NC3CCCC(C)C3C)cc2NC1=O. The summed E-state index contributed by atoms with van der Waals surface area (Å²) in [4.78, 5) is 24.0. The Morgan fingerprint density at radius 2 is 1.65 bits per heavy atom. The van der Waals surface area contributed by atoms with E-state index in [2.05, 4.69) is 29.2 Å². The van der Waals surface area contributed by atoms with Gasteiger partial charge in [0.2, 0.25) is 21.8 Å². The van der Waals surface area contributed by atoms with Gasteiger partial charge in [-0.2, -0.15) is 0 Å². The number of amides is 2. The number of sulfonamides is 1. The van der Waals surface area contributed by atoms with Crippen molar-refractivity contribution in [3.63, 3.8) is 0 Å². The third kappa shape index (κ3) is 3.61. The van der Waals surface area contributed by atoms with Crippen LogP contribution in [0.15, 0.2) is 23.1 Å². The maximum absolute atomic E-state index is 12.8. The highest BCUT2D eigenvalue weighted by atomic mass is 32.2. The van der Waals surface area contributed by atoms with Gasteiger partial charge in [0, 0.05) is 6.04 Å². The van der Waals surface area contributed by atoms with Gasteiger partial charge in [0.1, 0.15) is 5.92 Å². The maximum atomic E-state index is 12.8. The molecule has 2 amide bonds. The molecule has 1 aliphatic heterocycles. The minimum atomic E-state index is -3.72. The first-order valence-electron chi connectivity index (χ1n) is 8.97. The highest BCUT2D eigenvalue weighted by molar-refractivity contribution is 7.89. The second-order valence-electron chi connectivity index (χ2n) is 7.40. The summed E-state index contributed by atoms with van der Waals surface area (Å²) >= 11 is 0. The minimum absolute atomic E-state index is 0.0748. The van der Waals surface area contributed by atoms with Crippen molar-refractivity contribution < 1.29 is 18.0 Å². The number of fused-ring (bicyclic) bond motifs is 1. The summed E-state index contributed by atoms with van der Waals surface area (Å²) in [6, 6.07) is 4.25. The van der Waals surface area contributed by atoms with Gasteiger partial charge in [-0.25, -0.2) is 13.1 Å². The lowest BCUT2D eigenvalue weighted by Crippen LogP contribution is -2.43. The predicted molar refractivity (Wildman–Crippen MR) is 99.2 cm³/mol. The van der Waals surface area contributed by atoms with Gasteiger partial charge in [-0.1, -0.05) is 26.7 Å². The van der Waals surface area contributed by atoms with Gasteiger partial charge in [-0.15, -0.1) is 0 Å². The van der Waals surface area contributed by atoms with Gasteiger partial charge in [-0.3, -0.25) is 9.59 Å². The molecule has 0 aromatic heterocycles. The van der Waals surface area contributed by atoms with Crippen molar-refractivity contribution in [3.8, 4) is 0 Å². The molecule has 1 aliphatic carbocycles. The first kappa shape index (κ1) is 18.8. The molecule has 1 fully saturated rings. The number of carbonyl (C=O) groups is 2. The van der Waals surface area contributed by atoms with E-state index < -0.39 is 27.8 Å². The van der Waals surface area contributed by atoms with Gasteiger partial charge in [0.25, 0.3) is 0 Å². The van der Waals surface area contributed by atoms with Gasteiger partial charge in [0.05, 0.1) is 16.3 Å². The normalized spacial score (nSPS) is 29.3. The summed E-state index contributed by atoms with van der Waals surface area (Å²) < 4.78 is 28.5. The smallest absolute Gasteiger partial charge is 0.240 e. The van der Waals surface area contributed by atoms with Crippen LogP contribution in [-0.4, -0.2) is 26.3 Å². The van der Waals surface area contributed by atoms with E-state index in [1.165, 1.54) is 25.1 Å². The molecule has 1 heterocycles. The Morgan fingerprint density at radius 3 is 2.35 bits per heavy atom. The van der Waals surface area contributed by atoms with Crippen molar-refractivity contribution in [1.29, 1.82) is 0 Å². The molecule has 7 nitrogen and oxygen atoms in total. The molecule has 0 spiro atoms. The molecule has 142 valence electrons. The number of anilines is 2. The van der Waals surface area contributed by atoms with E-state index in [1.807, 2.05) is 0 Å². The molecule has 26 heavy (non-hydrogen) atoms. The number of hydrogen-bond donors (Lipinski definition) is 3. The Labute approximate surface area is 154 Å². The largest absolute Gasteiger partial charge is 0.324 e. The fraction of sp³-hybridized carbons (Fsp3) is 0.556. The molecular weight excluding hydrogens is 354 g/mol. The molecule has 1 aromatic rings. The Balaban J connectivity index is 1.86. The number of benzene rings is 1. The highest BCUT2D eigenvalue weighted by Gasteiger charge is 2.32. The standard InChI is InChI=1S/C18H25N3O4S/c1-10-5-4-6-14(11(10)2)21-26(24,25)13-7-8-15-16(9-13)20-18(23)12(3)17(22)19-15/h7-12,14,21H,4-6H2,1-3H3,(H,19,22)(H,20,23). The van der Waals surface area contributed by atoms with Crippen LogP contribution >= 0.6 is 0 Å². The van der Waals surface area contributed by atoms with Crippen LogP contribution in [0.3, 0.4) is 0 Å². The van der Waals surface area contributed by atoms with Crippen LogP contribution < -0.4 is 15.4 Å². The lowest BCUT2D eigenvalue weighted by molar-refractivity contribution is -0.128. The van der Waals surface area contributed by atoms with Crippen LogP contribution in [0.5, 0.6) is 0 Å². The van der Waals surface area contributed by atoms with Crippen molar-refractivity contribution in [3.05, 3.63) is 18.2 Å². The zero-order valence-corrected chi connectivity index (χ0v) is 16.0. The fourth-order valence-corrected chi connectivity index (χ4v) is 4.91. The van der Waals surface area contributed by atoms with Crippen molar-refractivity contribution in [2.75, 3.05) is 10.6 Å². The number of nitrogens with one attached hydrogen (secondary N) is 3. The summed E-state index contributed by atoms with van der Waals surface area (Å²) in [5.74, 6) is -0.984. The van der Waals surface area contributed by atoms with Crippen molar-refractivity contribution in [1.82, 2.24) is 4.72 Å². The molecular formula is C18H25N3O4S. The number of carbonyl (C=O) groups excluding carboxylic acids is 2. The van der Waals surface area contributed by atoms with E-state index in [4.69, 9.17) is 0 Å². The number of rotatable bonds is 3. The van der Waals surface area contributed by atoms with E-state index in [0.717, 1.165) is 19.3 Å². The highest BCUT2D eigenvalue weighted by Crippen LogP contribution is 2.32. The maximum Gasteiger partial charge on any atom is 0.240 e. The molecule has 4 unspecified atom stereocenters. The lowest BCUT2D eigenvalue weighted by Gasteiger charge is -2.34. The molecule has 1 saturated carbocycles. The molecule has 8 heteroatoms. The molecule has 0 radical (unpaired) electrons. The average Bonchev–Trinajstić information content (AvgIpc) is 2.69. The van der Waals surface area contributed by atoms with Gasteiger partial charge >= 0.3 is 0 Å². The monoisotopic (exact) mass is 379 g/mol. The Morgan fingerprint density at radius 1 is 1.00 bits per heavy atom. The summed E-state index contributed by atoms with van der Waals surface area (Å²) in [5, 5.41) is 5.26. The molecule has 2 aliphatic rings. The van der Waals surface area contributed by atoms with E-state index in [-0.39, 0.29) is 16.9 Å². The zero-order valence-electron chi connectivity index (χ0n) is 15.2. The van der Waals surface area contributed by atoms with Crippen LogP contribution in [0.4, 0.5) is 11.4 Å². The first-order valence-corrected chi connectivity index (χ1v) is 10.5. The van der Waals surface area contributed by atoms with Crippen LogP contribution in [0, 0.1) is 17.8 Å². The summed E-state index contributed by atoms with van der Waals surface area (Å²) in [5.41, 5.74) is 0.687. The van der Waals surface area contributed by atoms with E-state index >= 15 is 0 Å². The van der Waals surface area contributed by atoms with Gasteiger partial charge in [0.15, 0.2) is 0 Å². The molecule has 0 bridgehead atoms. The first-order chi connectivity index (χ1) is 12.2. The molecule has 0 saturated heterocycles. The van der Waals surface area contributed by atoms with E-state index in [0.29, 0.717) is 17.3 Å². The lowest BCUT2D eigenvalue weighted by atomic mass is 9.78. The topological polar surface area (TPSA) is 104 Å². The van der Waals surface area contributed by atoms with Crippen molar-refractivity contribution in [2.45, 2.75) is 51.0 Å². The van der Waals surface area contributed by atoms with Crippen LogP contribution in [0.25, 0.3) is 0 Å². The molecule has 3 N–H and O–H groups in total. The Kier molecular flexibility index (Phi) is 5.07. The third-order valence-corrected chi connectivity index (χ3v) is 7.10. The summed E-state index contributed by atoms with van der Waals surface area (Å²) in [6.45, 7) is 5.72. The quantitative estimate of drug-likeness (QED) is 0.701. The predicted octanol–water partition coefficient (Wildman–Crippen LogP) is 2.32. The van der Waals surface area contributed by atoms with E-state index in [1.54, 1.807) is 0 Å². The molecule has 4 atom stereocenters. The zero-order chi connectivity index (χ0) is 19.1. The van der Waals surface area contributed by atoms with Crippen LogP contribution in [0.1, 0.15) is 40.0 Å². The molecule has 1 aromatic carbocycles. The Bertz CT molecular complexity index is 837. The van der Waals surface area contributed by atoms with Gasteiger partial charge < -0.3 is 10.6 Å². The summed E-state index contributed by atoms with van der Waals surface area (Å²) in [6.07, 6.45) is 2.94. The van der Waals surface area contributed by atoms with E-state index in [9.17, 15) is 18.0 Å². The van der Waals surface area contributed by atoms with Crippen LogP contribution in [0.2, 0.25) is 0 Å². The van der Waals surface area contributed by atoms with Crippen LogP contribution in [-0.2, 0) is 19.6 Å². The minimum Gasteiger partial charge on any atom is -0.324 e. The number of hydrogen-bond acceptors (Lipinski definition) is 4. The fourth-order valence-electron chi connectivity index (χ4n) is 3.52. The third-order valence-electron chi connectivity index (χ3n) is 5.62. The molecule has 3 rings (SSSR count). The van der Waals surface area contributed by atoms with Gasteiger partial charge in [-0.05, 0) is 43.4 Å². The average molecular weight is 379 g/mol. The Hall–Kier alpha value is -1.93. The second kappa shape index (κ2) is 7.00. The van der Waals surface area contributed by atoms with Crippen molar-refractivity contribution >= 4 is 33.2 Å². The summed E-state index contributed by atoms with van der Waals surface area (Å²) in [7, 11) is -3.72. The second-order valence-corrected chi connectivity index (χ2v) is 9.12.